The smallest absolute Gasteiger partial charge is 0.0746 e. The van der Waals surface area contributed by atoms with Crippen LogP contribution in [-0.2, 0) is 0 Å². The molecule has 1 aromatic heterocycles. The molecular weight excluding hydrogens is 232 g/mol. The average Bonchev–Trinajstić information content (AvgIpc) is 2.97. The highest BCUT2D eigenvalue weighted by atomic mass is 15.3. The molecule has 0 amide bonds. The molecule has 0 fully saturated rings. The monoisotopic (exact) mass is 246 g/mol. The summed E-state index contributed by atoms with van der Waals surface area (Å²) in [6.45, 7) is 3.87. The minimum Gasteiger partial charge on any atom is -0.233 e. The van der Waals surface area contributed by atoms with Gasteiger partial charge >= 0.3 is 0 Å². The summed E-state index contributed by atoms with van der Waals surface area (Å²) in [6.07, 6.45) is 3.69. The van der Waals surface area contributed by atoms with Crippen molar-refractivity contribution in [3.63, 3.8) is 0 Å². The Morgan fingerprint density at radius 2 is 1.63 bits per heavy atom. The fraction of sp³-hybridized carbons (Fsp3) is 0. The highest BCUT2D eigenvalue weighted by molar-refractivity contribution is 5.73. The molecule has 2 aromatic carbocycles. The topological polar surface area (TPSA) is 17.8 Å². The first-order valence-electron chi connectivity index (χ1n) is 6.21. The Bertz CT molecular complexity index is 696. The van der Waals surface area contributed by atoms with Crippen molar-refractivity contribution in [2.24, 2.45) is 0 Å². The van der Waals surface area contributed by atoms with Crippen LogP contribution in [0.1, 0.15) is 5.56 Å². The molecule has 0 bridgehead atoms. The van der Waals surface area contributed by atoms with Crippen molar-refractivity contribution in [3.8, 4) is 16.9 Å². The minimum absolute atomic E-state index is 1.06. The molecule has 92 valence electrons. The summed E-state index contributed by atoms with van der Waals surface area (Å²) in [6, 6.07) is 20.4. The lowest BCUT2D eigenvalue weighted by atomic mass is 10.0. The maximum atomic E-state index is 4.42. The van der Waals surface area contributed by atoms with Crippen LogP contribution in [0.5, 0.6) is 0 Å². The molecule has 0 atom stereocenters. The van der Waals surface area contributed by atoms with Gasteiger partial charge in [-0.2, -0.15) is 5.10 Å². The molecular formula is C17H14N2. The third kappa shape index (κ3) is 2.08. The van der Waals surface area contributed by atoms with Gasteiger partial charge in [0.1, 0.15) is 0 Å². The summed E-state index contributed by atoms with van der Waals surface area (Å²) < 4.78 is 1.95. The van der Waals surface area contributed by atoms with Gasteiger partial charge in [-0.25, -0.2) is 4.68 Å². The molecule has 0 aliphatic rings. The second kappa shape index (κ2) is 4.94. The van der Waals surface area contributed by atoms with Crippen LogP contribution in [0.2, 0.25) is 0 Å². The van der Waals surface area contributed by atoms with Gasteiger partial charge in [0.05, 0.1) is 17.6 Å². The molecule has 2 nitrogen and oxygen atoms in total. The zero-order valence-corrected chi connectivity index (χ0v) is 10.5. The second-order valence-corrected chi connectivity index (χ2v) is 4.26. The largest absolute Gasteiger partial charge is 0.233 e. The second-order valence-electron chi connectivity index (χ2n) is 4.26. The van der Waals surface area contributed by atoms with Gasteiger partial charge in [-0.3, -0.25) is 0 Å². The summed E-state index contributed by atoms with van der Waals surface area (Å²) in [5, 5.41) is 4.42. The number of nitrogens with zero attached hydrogens (tertiary/aromatic N) is 2. The van der Waals surface area contributed by atoms with E-state index in [0.717, 1.165) is 22.5 Å². The Morgan fingerprint density at radius 1 is 0.895 bits per heavy atom. The molecule has 2 heteroatoms. The Morgan fingerprint density at radius 3 is 2.42 bits per heavy atom. The van der Waals surface area contributed by atoms with E-state index in [2.05, 4.69) is 23.8 Å². The summed E-state index contributed by atoms with van der Waals surface area (Å²) >= 11 is 0. The van der Waals surface area contributed by atoms with E-state index in [-0.39, 0.29) is 0 Å². The Balaban J connectivity index is 2.18. The minimum atomic E-state index is 1.06. The molecule has 3 aromatic rings. The van der Waals surface area contributed by atoms with Crippen molar-refractivity contribution < 1.29 is 0 Å². The molecule has 0 unspecified atom stereocenters. The molecule has 1 heterocycles. The van der Waals surface area contributed by atoms with Crippen LogP contribution in [0.4, 0.5) is 0 Å². The molecule has 0 aliphatic carbocycles. The summed E-state index contributed by atoms with van der Waals surface area (Å²) in [5.41, 5.74) is 4.38. The first kappa shape index (κ1) is 11.5. The van der Waals surface area contributed by atoms with Crippen LogP contribution in [-0.4, -0.2) is 9.78 Å². The maximum Gasteiger partial charge on any atom is 0.0746 e. The molecule has 0 saturated carbocycles. The quantitative estimate of drug-likeness (QED) is 0.677. The van der Waals surface area contributed by atoms with Gasteiger partial charge in [-0.1, -0.05) is 55.1 Å². The normalized spacial score (nSPS) is 10.3. The van der Waals surface area contributed by atoms with E-state index >= 15 is 0 Å². The third-order valence-electron chi connectivity index (χ3n) is 3.10. The Labute approximate surface area is 112 Å². The van der Waals surface area contributed by atoms with Crippen molar-refractivity contribution >= 4 is 6.08 Å². The predicted molar refractivity (Wildman–Crippen MR) is 79.1 cm³/mol. The SMILES string of the molecule is C=Cc1ccccc1-c1ccnn1-c1ccccc1. The summed E-state index contributed by atoms with van der Waals surface area (Å²) in [4.78, 5) is 0. The van der Waals surface area contributed by atoms with Crippen LogP contribution >= 0.6 is 0 Å². The van der Waals surface area contributed by atoms with Crippen molar-refractivity contribution in [2.45, 2.75) is 0 Å². The highest BCUT2D eigenvalue weighted by Crippen LogP contribution is 2.26. The van der Waals surface area contributed by atoms with Crippen LogP contribution in [0.3, 0.4) is 0 Å². The van der Waals surface area contributed by atoms with Crippen molar-refractivity contribution in [1.29, 1.82) is 0 Å². The molecule has 0 spiro atoms. The molecule has 0 saturated heterocycles. The molecule has 0 radical (unpaired) electrons. The molecule has 3 rings (SSSR count). The van der Waals surface area contributed by atoms with E-state index in [1.54, 1.807) is 0 Å². The zero-order chi connectivity index (χ0) is 13.1. The van der Waals surface area contributed by atoms with Gasteiger partial charge in [-0.05, 0) is 23.8 Å². The Kier molecular flexibility index (Phi) is 2.99. The van der Waals surface area contributed by atoms with Crippen LogP contribution < -0.4 is 0 Å². The third-order valence-corrected chi connectivity index (χ3v) is 3.10. The molecule has 0 aliphatic heterocycles. The Hall–Kier alpha value is -2.61. The predicted octanol–water partition coefficient (Wildman–Crippen LogP) is 4.18. The van der Waals surface area contributed by atoms with Gasteiger partial charge in [0.25, 0.3) is 0 Å². The zero-order valence-electron chi connectivity index (χ0n) is 10.5. The van der Waals surface area contributed by atoms with E-state index in [4.69, 9.17) is 0 Å². The van der Waals surface area contributed by atoms with Crippen molar-refractivity contribution in [2.75, 3.05) is 0 Å². The van der Waals surface area contributed by atoms with E-state index in [1.165, 1.54) is 0 Å². The first-order valence-corrected chi connectivity index (χ1v) is 6.21. The summed E-state index contributed by atoms with van der Waals surface area (Å²) in [7, 11) is 0. The first-order chi connectivity index (χ1) is 9.40. The van der Waals surface area contributed by atoms with E-state index in [9.17, 15) is 0 Å². The van der Waals surface area contributed by atoms with Crippen molar-refractivity contribution in [1.82, 2.24) is 9.78 Å². The summed E-state index contributed by atoms with van der Waals surface area (Å²) in [5.74, 6) is 0. The van der Waals surface area contributed by atoms with Crippen LogP contribution in [0.15, 0.2) is 73.4 Å². The number of rotatable bonds is 3. The standard InChI is InChI=1S/C17H14N2/c1-2-14-8-6-7-11-16(14)17-12-13-18-19(17)15-9-4-3-5-10-15/h2-13H,1H2. The number of aromatic nitrogens is 2. The average molecular weight is 246 g/mol. The molecule has 19 heavy (non-hydrogen) atoms. The van der Waals surface area contributed by atoms with Gasteiger partial charge < -0.3 is 0 Å². The van der Waals surface area contributed by atoms with Gasteiger partial charge in [0.2, 0.25) is 0 Å². The van der Waals surface area contributed by atoms with Crippen LogP contribution in [0.25, 0.3) is 23.0 Å². The number of para-hydroxylation sites is 1. The highest BCUT2D eigenvalue weighted by Gasteiger charge is 2.09. The van der Waals surface area contributed by atoms with Gasteiger partial charge in [0, 0.05) is 5.56 Å². The van der Waals surface area contributed by atoms with E-state index in [1.807, 2.05) is 65.5 Å². The fourth-order valence-electron chi connectivity index (χ4n) is 2.19. The van der Waals surface area contributed by atoms with E-state index < -0.39 is 0 Å². The number of benzene rings is 2. The number of hydrogen-bond donors (Lipinski definition) is 0. The maximum absolute atomic E-state index is 4.42. The van der Waals surface area contributed by atoms with Gasteiger partial charge in [0.15, 0.2) is 0 Å². The van der Waals surface area contributed by atoms with Crippen molar-refractivity contribution in [3.05, 3.63) is 79.0 Å². The van der Waals surface area contributed by atoms with Crippen LogP contribution in [0, 0.1) is 0 Å². The van der Waals surface area contributed by atoms with E-state index in [0.29, 0.717) is 0 Å². The molecule has 0 N–H and O–H groups in total. The fourth-order valence-corrected chi connectivity index (χ4v) is 2.19. The number of hydrogen-bond acceptors (Lipinski definition) is 1. The van der Waals surface area contributed by atoms with Gasteiger partial charge in [-0.15, -0.1) is 0 Å². The lowest BCUT2D eigenvalue weighted by molar-refractivity contribution is 0.888. The lowest BCUT2D eigenvalue weighted by Gasteiger charge is -2.09. The lowest BCUT2D eigenvalue weighted by Crippen LogP contribution is -1.99.